The molecule has 3 aromatic rings. The van der Waals surface area contributed by atoms with Crippen LogP contribution in [0.5, 0.6) is 0 Å². The second-order valence-electron chi connectivity index (χ2n) is 6.12. The molecule has 6 nitrogen and oxygen atoms in total. The number of carbonyl (C=O) groups excluding carboxylic acids is 1. The molecular formula is C18H20BrN5OS. The predicted octanol–water partition coefficient (Wildman–Crippen LogP) is 3.43. The van der Waals surface area contributed by atoms with Gasteiger partial charge in [-0.15, -0.1) is 5.10 Å². The first-order valence-electron chi connectivity index (χ1n) is 8.14. The van der Waals surface area contributed by atoms with Crippen molar-refractivity contribution in [1.29, 1.82) is 0 Å². The summed E-state index contributed by atoms with van der Waals surface area (Å²) in [6, 6.07) is 7.98. The average molecular weight is 434 g/mol. The summed E-state index contributed by atoms with van der Waals surface area (Å²) >= 11 is 4.90. The maximum atomic E-state index is 12.7. The highest BCUT2D eigenvalue weighted by Gasteiger charge is 2.18. The van der Waals surface area contributed by atoms with E-state index in [1.807, 2.05) is 51.4 Å². The number of likely N-dealkylation sites (N-methyl/N-ethyl adjacent to an activating group) is 1. The Kier molecular flexibility index (Phi) is 5.62. The van der Waals surface area contributed by atoms with Gasteiger partial charge in [-0.3, -0.25) is 4.79 Å². The van der Waals surface area contributed by atoms with E-state index in [0.29, 0.717) is 23.9 Å². The van der Waals surface area contributed by atoms with E-state index in [1.54, 1.807) is 9.42 Å². The molecule has 0 saturated heterocycles. The summed E-state index contributed by atoms with van der Waals surface area (Å²) in [7, 11) is 1.82. The van der Waals surface area contributed by atoms with Gasteiger partial charge in [0.2, 0.25) is 11.1 Å². The molecule has 0 radical (unpaired) electrons. The first-order valence-corrected chi connectivity index (χ1v) is 10.2. The highest BCUT2D eigenvalue weighted by molar-refractivity contribution is 9.10. The van der Waals surface area contributed by atoms with Crippen LogP contribution in [0.2, 0.25) is 0 Å². The second-order valence-corrected chi connectivity index (χ2v) is 7.81. The van der Waals surface area contributed by atoms with Crippen molar-refractivity contribution in [3.05, 3.63) is 51.3 Å². The predicted molar refractivity (Wildman–Crippen MR) is 106 cm³/mol. The summed E-state index contributed by atoms with van der Waals surface area (Å²) in [4.78, 5) is 23.3. The van der Waals surface area contributed by atoms with Crippen LogP contribution in [0.4, 0.5) is 0 Å². The molecule has 8 heteroatoms. The summed E-state index contributed by atoms with van der Waals surface area (Å²) in [5.41, 5.74) is 3.72. The van der Waals surface area contributed by atoms with E-state index in [-0.39, 0.29) is 5.91 Å². The summed E-state index contributed by atoms with van der Waals surface area (Å²) in [6.07, 6.45) is 2.22. The van der Waals surface area contributed by atoms with Crippen LogP contribution >= 0.6 is 27.7 Å². The Labute approximate surface area is 165 Å². The quantitative estimate of drug-likeness (QED) is 0.576. The normalized spacial score (nSPS) is 11.1. The molecule has 0 spiro atoms. The van der Waals surface area contributed by atoms with E-state index in [1.165, 1.54) is 11.8 Å². The molecule has 0 aliphatic heterocycles. The third kappa shape index (κ3) is 3.91. The molecule has 1 amide bonds. The number of hydrogen-bond donors (Lipinski definition) is 0. The monoisotopic (exact) mass is 433 g/mol. The Hall–Kier alpha value is -1.93. The fourth-order valence-electron chi connectivity index (χ4n) is 2.77. The standard InChI is InChI=1S/C18H20BrN5OS/c1-11-15(12(2)24-17(20-11)21-18(22-24)26-4)9-16(25)23(3)10-13-5-7-14(19)8-6-13/h5-8H,9-10H2,1-4H3. The molecule has 0 aliphatic carbocycles. The lowest BCUT2D eigenvalue weighted by Gasteiger charge is -2.19. The van der Waals surface area contributed by atoms with Crippen LogP contribution in [0, 0.1) is 13.8 Å². The van der Waals surface area contributed by atoms with Crippen molar-refractivity contribution in [2.24, 2.45) is 0 Å². The zero-order chi connectivity index (χ0) is 18.8. The topological polar surface area (TPSA) is 63.4 Å². The van der Waals surface area contributed by atoms with Gasteiger partial charge in [-0.05, 0) is 37.8 Å². The number of aryl methyl sites for hydroxylation is 2. The van der Waals surface area contributed by atoms with Crippen LogP contribution in [0.25, 0.3) is 5.78 Å². The lowest BCUT2D eigenvalue weighted by molar-refractivity contribution is -0.129. The minimum absolute atomic E-state index is 0.0467. The zero-order valence-electron chi connectivity index (χ0n) is 15.2. The number of nitrogens with zero attached hydrogens (tertiary/aromatic N) is 5. The van der Waals surface area contributed by atoms with Crippen molar-refractivity contribution in [2.45, 2.75) is 32.0 Å². The molecule has 2 aromatic heterocycles. The molecule has 0 bridgehead atoms. The molecule has 0 unspecified atom stereocenters. The average Bonchev–Trinajstić information content (AvgIpc) is 3.03. The van der Waals surface area contributed by atoms with E-state index in [9.17, 15) is 4.79 Å². The van der Waals surface area contributed by atoms with E-state index in [2.05, 4.69) is 31.0 Å². The van der Waals surface area contributed by atoms with Gasteiger partial charge in [0.05, 0.1) is 6.42 Å². The van der Waals surface area contributed by atoms with Crippen molar-refractivity contribution in [3.63, 3.8) is 0 Å². The van der Waals surface area contributed by atoms with E-state index >= 15 is 0 Å². The number of amides is 1. The minimum Gasteiger partial charge on any atom is -0.341 e. The van der Waals surface area contributed by atoms with Crippen LogP contribution in [-0.2, 0) is 17.8 Å². The molecule has 0 fully saturated rings. The molecule has 0 N–H and O–H groups in total. The van der Waals surface area contributed by atoms with Crippen LogP contribution in [0.3, 0.4) is 0 Å². The highest BCUT2D eigenvalue weighted by Crippen LogP contribution is 2.18. The number of thioether (sulfide) groups is 1. The number of benzene rings is 1. The minimum atomic E-state index is 0.0467. The van der Waals surface area contributed by atoms with Crippen LogP contribution in [0.15, 0.2) is 33.9 Å². The Morgan fingerprint density at radius 2 is 1.92 bits per heavy atom. The molecule has 2 heterocycles. The molecule has 0 saturated carbocycles. The van der Waals surface area contributed by atoms with Crippen molar-refractivity contribution >= 4 is 39.4 Å². The van der Waals surface area contributed by atoms with E-state index in [0.717, 1.165) is 27.0 Å². The van der Waals surface area contributed by atoms with Crippen molar-refractivity contribution in [1.82, 2.24) is 24.5 Å². The number of halogens is 1. The Bertz CT molecular complexity index is 954. The summed E-state index contributed by atoms with van der Waals surface area (Å²) in [5, 5.41) is 5.11. The van der Waals surface area contributed by atoms with Gasteiger partial charge in [-0.25, -0.2) is 9.50 Å². The van der Waals surface area contributed by atoms with Gasteiger partial charge >= 0.3 is 0 Å². The number of hydrogen-bond acceptors (Lipinski definition) is 5. The zero-order valence-corrected chi connectivity index (χ0v) is 17.6. The molecule has 0 atom stereocenters. The second kappa shape index (κ2) is 7.75. The third-order valence-electron chi connectivity index (χ3n) is 4.30. The van der Waals surface area contributed by atoms with Gasteiger partial charge in [-0.2, -0.15) is 4.98 Å². The maximum Gasteiger partial charge on any atom is 0.253 e. The lowest BCUT2D eigenvalue weighted by atomic mass is 10.1. The molecule has 0 aliphatic rings. The fourth-order valence-corrected chi connectivity index (χ4v) is 3.37. The van der Waals surface area contributed by atoms with E-state index in [4.69, 9.17) is 0 Å². The Morgan fingerprint density at radius 1 is 1.23 bits per heavy atom. The first kappa shape index (κ1) is 18.8. The molecular weight excluding hydrogens is 414 g/mol. The van der Waals surface area contributed by atoms with E-state index < -0.39 is 0 Å². The number of rotatable bonds is 5. The third-order valence-corrected chi connectivity index (χ3v) is 5.37. The van der Waals surface area contributed by atoms with Crippen molar-refractivity contribution in [2.75, 3.05) is 13.3 Å². The van der Waals surface area contributed by atoms with Crippen molar-refractivity contribution in [3.8, 4) is 0 Å². The summed E-state index contributed by atoms with van der Waals surface area (Å²) < 4.78 is 2.74. The smallest absolute Gasteiger partial charge is 0.253 e. The maximum absolute atomic E-state index is 12.7. The van der Waals surface area contributed by atoms with Gasteiger partial charge in [0, 0.05) is 35.0 Å². The van der Waals surface area contributed by atoms with Gasteiger partial charge < -0.3 is 4.90 Å². The Morgan fingerprint density at radius 3 is 2.58 bits per heavy atom. The van der Waals surface area contributed by atoms with Gasteiger partial charge in [0.15, 0.2) is 0 Å². The van der Waals surface area contributed by atoms with Gasteiger partial charge in [0.1, 0.15) is 0 Å². The van der Waals surface area contributed by atoms with Gasteiger partial charge in [0.25, 0.3) is 5.78 Å². The number of carbonyl (C=O) groups is 1. The Balaban J connectivity index is 1.80. The fraction of sp³-hybridized carbons (Fsp3) is 0.333. The number of aromatic nitrogens is 4. The van der Waals surface area contributed by atoms with Crippen LogP contribution < -0.4 is 0 Å². The number of fused-ring (bicyclic) bond motifs is 1. The molecule has 26 heavy (non-hydrogen) atoms. The summed E-state index contributed by atoms with van der Waals surface area (Å²) in [5.74, 6) is 0.620. The highest BCUT2D eigenvalue weighted by atomic mass is 79.9. The largest absolute Gasteiger partial charge is 0.341 e. The lowest BCUT2D eigenvalue weighted by Crippen LogP contribution is -2.28. The van der Waals surface area contributed by atoms with Gasteiger partial charge in [-0.1, -0.05) is 39.8 Å². The van der Waals surface area contributed by atoms with Crippen molar-refractivity contribution < 1.29 is 4.79 Å². The SMILES string of the molecule is CSc1nc2nc(C)c(CC(=O)N(C)Cc3ccc(Br)cc3)c(C)n2n1. The van der Waals surface area contributed by atoms with Crippen LogP contribution in [0.1, 0.15) is 22.5 Å². The van der Waals surface area contributed by atoms with Crippen LogP contribution in [-0.4, -0.2) is 43.7 Å². The molecule has 3 rings (SSSR count). The summed E-state index contributed by atoms with van der Waals surface area (Å²) in [6.45, 7) is 4.44. The first-order chi connectivity index (χ1) is 12.4. The molecule has 1 aromatic carbocycles. The molecule has 136 valence electrons.